The molecule has 2 aromatic rings. The number of aromatic hydroxyl groups is 2. The lowest BCUT2D eigenvalue weighted by atomic mass is 9.96. The topological polar surface area (TPSA) is 96.3 Å². The summed E-state index contributed by atoms with van der Waals surface area (Å²) in [6.45, 7) is 3.75. The highest BCUT2D eigenvalue weighted by Crippen LogP contribution is 2.44. The highest BCUT2D eigenvalue weighted by Gasteiger charge is 2.38. The van der Waals surface area contributed by atoms with Crippen LogP contribution in [0.2, 0.25) is 0 Å². The van der Waals surface area contributed by atoms with Crippen molar-refractivity contribution in [2.24, 2.45) is 0 Å². The van der Waals surface area contributed by atoms with Crippen molar-refractivity contribution in [3.8, 4) is 11.5 Å². The number of halogens is 2. The first kappa shape index (κ1) is 30.6. The standard InChI is InChI=1S/C22H29B2I2NO6P2/c1-12(16-9-14(34(23)25)5-7-19(16)28)27(18(22(31)33-4)11-21(30)32-3)13(2)17-10-15(35(24)26)6-8-20(17)29/h5-10,12-13,18,28-29H,11,23-24H2,1-4H3. The predicted molar refractivity (Wildman–Crippen MR) is 166 cm³/mol. The molecule has 35 heavy (non-hydrogen) atoms. The molecule has 7 nitrogen and oxygen atoms in total. The van der Waals surface area contributed by atoms with Crippen molar-refractivity contribution in [1.82, 2.24) is 4.90 Å². The lowest BCUT2D eigenvalue weighted by Gasteiger charge is -2.40. The third kappa shape index (κ3) is 7.69. The van der Waals surface area contributed by atoms with Crippen LogP contribution in [-0.2, 0) is 19.1 Å². The molecule has 0 aliphatic carbocycles. The van der Waals surface area contributed by atoms with Crippen LogP contribution in [0.1, 0.15) is 43.5 Å². The third-order valence-corrected chi connectivity index (χ3v) is 11.3. The molecular weight excluding hydrogens is 712 g/mol. The average Bonchev–Trinajstić information content (AvgIpc) is 2.82. The number of phenols is 2. The third-order valence-electron chi connectivity index (χ3n) is 5.95. The van der Waals surface area contributed by atoms with Gasteiger partial charge in [-0.2, -0.15) is 0 Å². The molecule has 188 valence electrons. The Kier molecular flexibility index (Phi) is 12.1. The van der Waals surface area contributed by atoms with E-state index in [-0.39, 0.29) is 17.9 Å². The zero-order valence-electron chi connectivity index (χ0n) is 20.5. The molecule has 0 spiro atoms. The van der Waals surface area contributed by atoms with Crippen molar-refractivity contribution < 1.29 is 29.3 Å². The normalized spacial score (nSPS) is 15.6. The Hall–Kier alpha value is -0.610. The number of carbonyl (C=O) groups excluding carboxylic acids is 2. The number of hydrogen-bond donors (Lipinski definition) is 2. The Bertz CT molecular complexity index is 999. The lowest BCUT2D eigenvalue weighted by molar-refractivity contribution is -0.155. The average molecular weight is 741 g/mol. The summed E-state index contributed by atoms with van der Waals surface area (Å²) < 4.78 is 9.96. The molecule has 0 saturated heterocycles. The maximum Gasteiger partial charge on any atom is 0.323 e. The minimum atomic E-state index is -1.01. The van der Waals surface area contributed by atoms with Crippen molar-refractivity contribution in [2.75, 3.05) is 14.2 Å². The maximum atomic E-state index is 13.0. The molecule has 5 atom stereocenters. The van der Waals surface area contributed by atoms with Gasteiger partial charge < -0.3 is 19.7 Å². The van der Waals surface area contributed by atoms with Crippen LogP contribution in [0.25, 0.3) is 0 Å². The molecule has 2 rings (SSSR count). The molecule has 2 N–H and O–H groups in total. The first-order valence-corrected chi connectivity index (χ1v) is 19.9. The molecule has 0 saturated carbocycles. The van der Waals surface area contributed by atoms with Crippen LogP contribution in [0, 0.1) is 0 Å². The van der Waals surface area contributed by atoms with Crippen LogP contribution in [-0.4, -0.2) is 62.4 Å². The Morgan fingerprint density at radius 1 is 0.914 bits per heavy atom. The molecule has 0 aromatic heterocycles. The predicted octanol–water partition coefficient (Wildman–Crippen LogP) is 3.34. The Morgan fingerprint density at radius 2 is 1.34 bits per heavy atom. The summed E-state index contributed by atoms with van der Waals surface area (Å²) in [5.74, 6) is -0.973. The Labute approximate surface area is 236 Å². The summed E-state index contributed by atoms with van der Waals surface area (Å²) in [5.41, 5.74) is 0.341. The van der Waals surface area contributed by atoms with Crippen molar-refractivity contribution in [3.63, 3.8) is 0 Å². The second kappa shape index (κ2) is 13.8. The molecule has 0 aliphatic heterocycles. The Balaban J connectivity index is 2.73. The molecule has 0 amide bonds. The molecule has 0 aliphatic rings. The summed E-state index contributed by atoms with van der Waals surface area (Å²) >= 11 is 4.73. The van der Waals surface area contributed by atoms with Gasteiger partial charge in [0.1, 0.15) is 17.5 Å². The van der Waals surface area contributed by atoms with Crippen molar-refractivity contribution >= 4 is 92.6 Å². The number of nitrogens with zero attached hydrogens (tertiary/aromatic N) is 1. The largest absolute Gasteiger partial charge is 0.508 e. The fourth-order valence-electron chi connectivity index (χ4n) is 4.02. The molecule has 0 radical (unpaired) electrons. The van der Waals surface area contributed by atoms with Gasteiger partial charge in [-0.25, -0.2) is 0 Å². The van der Waals surface area contributed by atoms with E-state index in [0.717, 1.165) is 10.6 Å². The van der Waals surface area contributed by atoms with Gasteiger partial charge in [-0.05, 0) is 48.7 Å². The van der Waals surface area contributed by atoms with Crippen LogP contribution in [0.15, 0.2) is 36.4 Å². The summed E-state index contributed by atoms with van der Waals surface area (Å²) in [4.78, 5) is 27.2. The highest BCUT2D eigenvalue weighted by atomic mass is 127. The number of ether oxygens (including phenoxy) is 2. The van der Waals surface area contributed by atoms with E-state index in [2.05, 4.69) is 59.2 Å². The number of hydrogen-bond acceptors (Lipinski definition) is 7. The summed E-state index contributed by atoms with van der Waals surface area (Å²) in [7, 11) is 6.77. The highest BCUT2D eigenvalue weighted by molar-refractivity contribution is 14.2. The van der Waals surface area contributed by atoms with Gasteiger partial charge in [-0.15, -0.1) is 0 Å². The number of phenolic OH excluding ortho intramolecular Hbond substituents is 2. The zero-order chi connectivity index (χ0) is 26.4. The first-order chi connectivity index (χ1) is 16.4. The molecule has 0 heterocycles. The smallest absolute Gasteiger partial charge is 0.323 e. The van der Waals surface area contributed by atoms with E-state index in [4.69, 9.17) is 9.47 Å². The minimum Gasteiger partial charge on any atom is -0.508 e. The lowest BCUT2D eigenvalue weighted by Crippen LogP contribution is -2.46. The second-order valence-corrected chi connectivity index (χ2v) is 19.7. The summed E-state index contributed by atoms with van der Waals surface area (Å²) in [6.07, 6.45) is -0.238. The van der Waals surface area contributed by atoms with Crippen LogP contribution >= 0.6 is 55.0 Å². The van der Waals surface area contributed by atoms with E-state index in [9.17, 15) is 19.8 Å². The van der Waals surface area contributed by atoms with Crippen LogP contribution < -0.4 is 10.6 Å². The minimum absolute atomic E-state index is 0.0932. The number of rotatable bonds is 10. The van der Waals surface area contributed by atoms with Gasteiger partial charge in [0.05, 0.1) is 20.6 Å². The number of benzene rings is 2. The van der Waals surface area contributed by atoms with Gasteiger partial charge in [0.15, 0.2) is 15.1 Å². The van der Waals surface area contributed by atoms with E-state index in [1.54, 1.807) is 12.1 Å². The van der Waals surface area contributed by atoms with E-state index < -0.39 is 40.9 Å². The summed E-state index contributed by atoms with van der Waals surface area (Å²) in [6, 6.07) is 8.97. The number of methoxy groups -OCH3 is 2. The van der Waals surface area contributed by atoms with Gasteiger partial charge in [0.25, 0.3) is 0 Å². The van der Waals surface area contributed by atoms with Gasteiger partial charge in [-0.3, -0.25) is 14.5 Å². The van der Waals surface area contributed by atoms with Gasteiger partial charge in [0, 0.05) is 23.2 Å². The molecule has 0 fully saturated rings. The zero-order valence-corrected chi connectivity index (χ0v) is 26.6. The summed E-state index contributed by atoms with van der Waals surface area (Å²) in [5, 5.41) is 23.7. The monoisotopic (exact) mass is 741 g/mol. The molecular formula is C22H29B2I2NO6P2. The van der Waals surface area contributed by atoms with Crippen molar-refractivity contribution in [2.45, 2.75) is 38.4 Å². The molecule has 5 unspecified atom stereocenters. The SMILES string of the molecule is BP(I)c1ccc(O)c(C(C)N(C(CC(=O)OC)C(=O)OC)C(C)c2cc(P(B)I)ccc2O)c1. The second-order valence-electron chi connectivity index (χ2n) is 8.06. The van der Waals surface area contributed by atoms with E-state index in [0.29, 0.717) is 11.1 Å². The van der Waals surface area contributed by atoms with Gasteiger partial charge >= 0.3 is 11.9 Å². The van der Waals surface area contributed by atoms with E-state index in [1.165, 1.54) is 14.2 Å². The number of carbonyl (C=O) groups is 2. The van der Waals surface area contributed by atoms with Gasteiger partial charge in [0.2, 0.25) is 0 Å². The van der Waals surface area contributed by atoms with E-state index in [1.807, 2.05) is 43.0 Å². The molecule has 13 heteroatoms. The van der Waals surface area contributed by atoms with Crippen LogP contribution in [0.3, 0.4) is 0 Å². The van der Waals surface area contributed by atoms with Crippen LogP contribution in [0.4, 0.5) is 0 Å². The Morgan fingerprint density at radius 3 is 1.69 bits per heavy atom. The first-order valence-electron chi connectivity index (χ1n) is 10.8. The molecule has 2 aromatic carbocycles. The van der Waals surface area contributed by atoms with E-state index >= 15 is 0 Å². The quantitative estimate of drug-likeness (QED) is 0.167. The van der Waals surface area contributed by atoms with Crippen molar-refractivity contribution in [3.05, 3.63) is 47.5 Å². The molecule has 0 bridgehead atoms. The van der Waals surface area contributed by atoms with Gasteiger partial charge in [-0.1, -0.05) is 67.1 Å². The maximum absolute atomic E-state index is 13.0. The van der Waals surface area contributed by atoms with Crippen LogP contribution in [0.5, 0.6) is 11.5 Å². The number of esters is 2. The van der Waals surface area contributed by atoms with Crippen molar-refractivity contribution in [1.29, 1.82) is 0 Å². The fourth-order valence-corrected chi connectivity index (χ4v) is 7.01. The fraction of sp³-hybridized carbons (Fsp3) is 0.364.